The zero-order chi connectivity index (χ0) is 36.0. The number of phenolic OH excluding ortho intramolecular Hbond substituents is 1. The molecule has 2 saturated heterocycles. The Kier molecular flexibility index (Phi) is 11.6. The number of piperidine rings is 1. The molecule has 4 aromatic carbocycles. The third-order valence-corrected chi connectivity index (χ3v) is 13.1. The van der Waals surface area contributed by atoms with Gasteiger partial charge < -0.3 is 9.84 Å². The quantitative estimate of drug-likeness (QED) is 0.180. The molecule has 1 unspecified atom stereocenters. The molecule has 4 aromatic rings. The summed E-state index contributed by atoms with van der Waals surface area (Å²) in [5.74, 6) is 1.51. The van der Waals surface area contributed by atoms with Crippen molar-refractivity contribution in [2.24, 2.45) is 5.92 Å². The molecule has 0 radical (unpaired) electrons. The van der Waals surface area contributed by atoms with Crippen molar-refractivity contribution in [3.05, 3.63) is 137 Å². The molecule has 2 heterocycles. The van der Waals surface area contributed by atoms with E-state index in [1.807, 2.05) is 49.4 Å². The predicted molar refractivity (Wildman–Crippen MR) is 211 cm³/mol. The molecule has 2 bridgehead atoms. The maximum absolute atomic E-state index is 13.4. The number of ether oxygens (including phenoxy) is 1. The number of carbonyl (C=O) groups excluding carboxylic acids is 1. The van der Waals surface area contributed by atoms with Gasteiger partial charge in [-0.25, -0.2) is 0 Å². The molecule has 3 fully saturated rings. The molecular weight excluding hydrogens is 641 g/mol. The van der Waals surface area contributed by atoms with Gasteiger partial charge in [-0.05, 0) is 97.9 Å². The van der Waals surface area contributed by atoms with E-state index in [4.69, 9.17) is 4.74 Å². The van der Waals surface area contributed by atoms with Crippen molar-refractivity contribution in [2.75, 3.05) is 39.4 Å². The van der Waals surface area contributed by atoms with Crippen LogP contribution < -0.4 is 0 Å². The molecule has 4 aliphatic rings. The fraction of sp³-hybridized carbons (Fsp3) is 0.468. The van der Waals surface area contributed by atoms with Crippen LogP contribution in [0.1, 0.15) is 86.6 Å². The van der Waals surface area contributed by atoms with Crippen molar-refractivity contribution < 1.29 is 14.6 Å². The maximum Gasteiger partial charge on any atom is 0.147 e. The summed E-state index contributed by atoms with van der Waals surface area (Å²) in [7, 11) is 0. The summed E-state index contributed by atoms with van der Waals surface area (Å²) in [6.45, 7) is 10.0. The van der Waals surface area contributed by atoms with Crippen LogP contribution in [0.4, 0.5) is 0 Å². The standard InChI is InChI=1S/C24H29NO.C23H29NO2/c26-20-10-9-19-16-23-21-8-4-5-12-24(21,22(19)17-20)13-15-25(23)14-11-18-6-2-1-3-7-18;1-3-22(25)23(20-10-6-4-7-11-20,21-12-8-5-9-13-21)18-19(2)24-14-16-26-17-15-24/h1-3,6-7,9-10,17,21,23,26H,4-5,8,11-16H2;4-13,19H,3,14-18H2,1-2H3/t21-,23+,24+;/m0./s1. The molecule has 0 spiro atoms. The van der Waals surface area contributed by atoms with Crippen molar-refractivity contribution in [2.45, 2.75) is 94.5 Å². The van der Waals surface area contributed by atoms with Gasteiger partial charge in [0.25, 0.3) is 0 Å². The number of carbonyl (C=O) groups is 1. The van der Waals surface area contributed by atoms with Crippen molar-refractivity contribution >= 4 is 5.78 Å². The Hall–Kier alpha value is -3.77. The topological polar surface area (TPSA) is 53.0 Å². The smallest absolute Gasteiger partial charge is 0.147 e. The number of likely N-dealkylation sites (tertiary alicyclic amines) is 1. The zero-order valence-electron chi connectivity index (χ0n) is 31.4. The lowest BCUT2D eigenvalue weighted by molar-refractivity contribution is -0.123. The minimum absolute atomic E-state index is 0.287. The Morgan fingerprint density at radius 3 is 2.17 bits per heavy atom. The Balaban J connectivity index is 0.000000162. The summed E-state index contributed by atoms with van der Waals surface area (Å²) in [5.41, 5.74) is 6.36. The van der Waals surface area contributed by atoms with Gasteiger partial charge in [0, 0.05) is 43.6 Å². The van der Waals surface area contributed by atoms with E-state index in [1.165, 1.54) is 61.9 Å². The molecule has 0 aromatic heterocycles. The van der Waals surface area contributed by atoms with Crippen LogP contribution in [0, 0.1) is 5.92 Å². The first-order valence-electron chi connectivity index (χ1n) is 20.0. The summed E-state index contributed by atoms with van der Waals surface area (Å²) in [4.78, 5) is 18.7. The van der Waals surface area contributed by atoms with Crippen LogP contribution in [0.15, 0.2) is 109 Å². The molecule has 4 atom stereocenters. The molecule has 8 rings (SSSR count). The molecule has 52 heavy (non-hydrogen) atoms. The van der Waals surface area contributed by atoms with E-state index >= 15 is 0 Å². The maximum atomic E-state index is 13.4. The van der Waals surface area contributed by atoms with Gasteiger partial charge >= 0.3 is 0 Å². The summed E-state index contributed by atoms with van der Waals surface area (Å²) in [6, 6.07) is 38.7. The predicted octanol–water partition coefficient (Wildman–Crippen LogP) is 8.76. The van der Waals surface area contributed by atoms with Gasteiger partial charge in [0.05, 0.1) is 18.6 Å². The monoisotopic (exact) mass is 698 g/mol. The average molecular weight is 699 g/mol. The summed E-state index contributed by atoms with van der Waals surface area (Å²) in [5, 5.41) is 10.1. The van der Waals surface area contributed by atoms with Gasteiger partial charge in [0.15, 0.2) is 0 Å². The first-order valence-corrected chi connectivity index (χ1v) is 20.0. The van der Waals surface area contributed by atoms with Crippen LogP contribution in [0.2, 0.25) is 0 Å². The van der Waals surface area contributed by atoms with E-state index in [0.717, 1.165) is 62.6 Å². The number of hydrogen-bond acceptors (Lipinski definition) is 5. The van der Waals surface area contributed by atoms with Crippen LogP contribution in [0.5, 0.6) is 5.75 Å². The number of phenols is 1. The van der Waals surface area contributed by atoms with Crippen LogP contribution in [-0.2, 0) is 33.2 Å². The van der Waals surface area contributed by atoms with Crippen LogP contribution in [-0.4, -0.2) is 72.2 Å². The number of morpholine rings is 1. The normalized spacial score (nSPS) is 23.7. The zero-order valence-corrected chi connectivity index (χ0v) is 31.4. The third-order valence-electron chi connectivity index (χ3n) is 13.1. The number of fused-ring (bicyclic) bond motifs is 1. The van der Waals surface area contributed by atoms with E-state index in [2.05, 4.69) is 83.5 Å². The third kappa shape index (κ3) is 7.38. The molecule has 1 saturated carbocycles. The lowest BCUT2D eigenvalue weighted by Crippen LogP contribution is -2.61. The molecule has 5 heteroatoms. The summed E-state index contributed by atoms with van der Waals surface area (Å²) < 4.78 is 5.51. The van der Waals surface area contributed by atoms with Crippen molar-refractivity contribution in [1.29, 1.82) is 0 Å². The Morgan fingerprint density at radius 2 is 1.52 bits per heavy atom. The van der Waals surface area contributed by atoms with Crippen molar-refractivity contribution in [3.63, 3.8) is 0 Å². The second kappa shape index (κ2) is 16.5. The molecular formula is C47H58N2O3. The van der Waals surface area contributed by atoms with Crippen LogP contribution in [0.3, 0.4) is 0 Å². The second-order valence-electron chi connectivity index (χ2n) is 15.8. The highest BCUT2D eigenvalue weighted by molar-refractivity contribution is 5.93. The fourth-order valence-corrected chi connectivity index (χ4v) is 10.4. The number of aromatic hydroxyl groups is 1. The van der Waals surface area contributed by atoms with Gasteiger partial charge in [0.1, 0.15) is 11.5 Å². The molecule has 274 valence electrons. The molecule has 2 aliphatic heterocycles. The van der Waals surface area contributed by atoms with Gasteiger partial charge in [-0.2, -0.15) is 0 Å². The van der Waals surface area contributed by atoms with E-state index in [0.29, 0.717) is 29.7 Å². The van der Waals surface area contributed by atoms with E-state index < -0.39 is 5.41 Å². The van der Waals surface area contributed by atoms with Crippen molar-refractivity contribution in [1.82, 2.24) is 9.80 Å². The molecule has 0 amide bonds. The first kappa shape index (κ1) is 36.6. The van der Waals surface area contributed by atoms with E-state index in [-0.39, 0.29) is 5.78 Å². The van der Waals surface area contributed by atoms with Gasteiger partial charge in [-0.1, -0.05) is 117 Å². The highest BCUT2D eigenvalue weighted by atomic mass is 16.5. The largest absolute Gasteiger partial charge is 0.508 e. The van der Waals surface area contributed by atoms with Gasteiger partial charge in [0.2, 0.25) is 0 Å². The summed E-state index contributed by atoms with van der Waals surface area (Å²) in [6.07, 6.45) is 10.3. The van der Waals surface area contributed by atoms with Gasteiger partial charge in [-0.15, -0.1) is 0 Å². The number of rotatable bonds is 10. The number of ketones is 1. The molecule has 2 aliphatic carbocycles. The Bertz CT molecular complexity index is 1700. The van der Waals surface area contributed by atoms with Crippen molar-refractivity contribution in [3.8, 4) is 5.75 Å². The van der Waals surface area contributed by atoms with Crippen LogP contribution in [0.25, 0.3) is 0 Å². The Morgan fingerprint density at radius 1 is 0.865 bits per heavy atom. The highest BCUT2D eigenvalue weighted by Crippen LogP contribution is 2.56. The van der Waals surface area contributed by atoms with Crippen LogP contribution >= 0.6 is 0 Å². The number of hydrogen-bond donors (Lipinski definition) is 1. The number of Topliss-reactive ketones (excluding diaryl/α,β-unsaturated/α-hetero) is 1. The minimum Gasteiger partial charge on any atom is -0.508 e. The minimum atomic E-state index is -0.602. The highest BCUT2D eigenvalue weighted by Gasteiger charge is 2.53. The summed E-state index contributed by atoms with van der Waals surface area (Å²) >= 11 is 0. The average Bonchev–Trinajstić information content (AvgIpc) is 3.21. The van der Waals surface area contributed by atoms with E-state index in [1.54, 1.807) is 0 Å². The Labute approximate surface area is 312 Å². The molecule has 5 nitrogen and oxygen atoms in total. The number of benzene rings is 4. The first-order chi connectivity index (χ1) is 25.4. The number of nitrogens with zero attached hydrogens (tertiary/aromatic N) is 2. The second-order valence-corrected chi connectivity index (χ2v) is 15.8. The molecule has 1 N–H and O–H groups in total. The lowest BCUT2D eigenvalue weighted by Gasteiger charge is -2.59. The fourth-order valence-electron chi connectivity index (χ4n) is 10.4. The van der Waals surface area contributed by atoms with Gasteiger partial charge in [-0.3, -0.25) is 14.6 Å². The SMILES string of the molecule is CCC(=O)C(CC(C)N1CCOCC1)(c1ccccc1)c1ccccc1.Oc1ccc2c(c1)[C@@]13CCCC[C@H]1[C@@H](C2)N(CCc1ccccc1)CC3. The van der Waals surface area contributed by atoms with E-state index in [9.17, 15) is 9.90 Å². The lowest BCUT2D eigenvalue weighted by atomic mass is 9.52.